The zero-order valence-corrected chi connectivity index (χ0v) is 12.6. The summed E-state index contributed by atoms with van der Waals surface area (Å²) >= 11 is 1.66. The fourth-order valence-electron chi connectivity index (χ4n) is 2.28. The maximum atomic E-state index is 12.0. The minimum absolute atomic E-state index is 0.0635. The van der Waals surface area contributed by atoms with Gasteiger partial charge in [0, 0.05) is 11.3 Å². The summed E-state index contributed by atoms with van der Waals surface area (Å²) in [4.78, 5) is 13.2. The van der Waals surface area contributed by atoms with E-state index in [9.17, 15) is 4.79 Å². The Morgan fingerprint density at radius 2 is 2.19 bits per heavy atom. The van der Waals surface area contributed by atoms with Gasteiger partial charge < -0.3 is 14.8 Å². The second-order valence-corrected chi connectivity index (χ2v) is 5.97. The van der Waals surface area contributed by atoms with Crippen LogP contribution >= 0.6 is 11.3 Å². The second kappa shape index (κ2) is 6.18. The molecule has 0 fully saturated rings. The fourth-order valence-corrected chi connectivity index (χ4v) is 3.01. The number of nitrogens with one attached hydrogen (secondary N) is 1. The molecule has 110 valence electrons. The van der Waals surface area contributed by atoms with Crippen molar-refractivity contribution in [1.82, 2.24) is 5.32 Å². The number of thiophene rings is 1. The SMILES string of the molecule is CC(NC(=O)CCc1ccc2c(c1)OCO2)c1cccs1. The summed E-state index contributed by atoms with van der Waals surface area (Å²) in [6.45, 7) is 2.28. The number of hydrogen-bond acceptors (Lipinski definition) is 4. The molecule has 0 aliphatic carbocycles. The Morgan fingerprint density at radius 1 is 1.33 bits per heavy atom. The first-order chi connectivity index (χ1) is 10.2. The quantitative estimate of drug-likeness (QED) is 0.922. The number of aryl methyl sites for hydroxylation is 1. The van der Waals surface area contributed by atoms with Crippen molar-refractivity contribution in [2.75, 3.05) is 6.79 Å². The van der Waals surface area contributed by atoms with E-state index in [1.165, 1.54) is 4.88 Å². The van der Waals surface area contributed by atoms with Crippen LogP contribution < -0.4 is 14.8 Å². The maximum Gasteiger partial charge on any atom is 0.231 e. The first kappa shape index (κ1) is 13.9. The topological polar surface area (TPSA) is 47.6 Å². The maximum absolute atomic E-state index is 12.0. The molecule has 1 aliphatic heterocycles. The van der Waals surface area contributed by atoms with Crippen LogP contribution in [-0.2, 0) is 11.2 Å². The molecule has 3 rings (SSSR count). The van der Waals surface area contributed by atoms with E-state index in [0.29, 0.717) is 12.8 Å². The Balaban J connectivity index is 1.52. The van der Waals surface area contributed by atoms with Crippen LogP contribution in [0.2, 0.25) is 0 Å². The Hall–Kier alpha value is -2.01. The summed E-state index contributed by atoms with van der Waals surface area (Å²) in [5, 5.41) is 5.04. The van der Waals surface area contributed by atoms with Crippen molar-refractivity contribution in [3.63, 3.8) is 0 Å². The van der Waals surface area contributed by atoms with E-state index in [1.54, 1.807) is 11.3 Å². The molecule has 4 nitrogen and oxygen atoms in total. The summed E-state index contributed by atoms with van der Waals surface area (Å²) in [7, 11) is 0. The molecule has 0 spiro atoms. The predicted octanol–water partition coefficient (Wildman–Crippen LogP) is 3.29. The van der Waals surface area contributed by atoms with Crippen molar-refractivity contribution in [1.29, 1.82) is 0 Å². The van der Waals surface area contributed by atoms with Gasteiger partial charge in [0.2, 0.25) is 12.7 Å². The lowest BCUT2D eigenvalue weighted by atomic mass is 10.1. The minimum atomic E-state index is 0.0635. The normalized spacial score (nSPS) is 14.0. The molecule has 1 aromatic carbocycles. The number of rotatable bonds is 5. The molecule has 0 radical (unpaired) electrons. The number of ether oxygens (including phenoxy) is 2. The average molecular weight is 303 g/mol. The number of benzene rings is 1. The predicted molar refractivity (Wildman–Crippen MR) is 81.8 cm³/mol. The summed E-state index contributed by atoms with van der Waals surface area (Å²) < 4.78 is 10.6. The molecule has 1 atom stereocenters. The molecule has 0 bridgehead atoms. The molecule has 1 unspecified atom stereocenters. The van der Waals surface area contributed by atoms with Gasteiger partial charge in [-0.2, -0.15) is 0 Å². The molecule has 1 amide bonds. The van der Waals surface area contributed by atoms with Crippen molar-refractivity contribution < 1.29 is 14.3 Å². The Morgan fingerprint density at radius 3 is 3.00 bits per heavy atom. The van der Waals surface area contributed by atoms with Crippen LogP contribution in [0.15, 0.2) is 35.7 Å². The first-order valence-electron chi connectivity index (χ1n) is 6.93. The van der Waals surface area contributed by atoms with Gasteiger partial charge in [-0.25, -0.2) is 0 Å². The van der Waals surface area contributed by atoms with Gasteiger partial charge in [-0.1, -0.05) is 12.1 Å². The largest absolute Gasteiger partial charge is 0.454 e. The zero-order chi connectivity index (χ0) is 14.7. The first-order valence-corrected chi connectivity index (χ1v) is 7.81. The fraction of sp³-hybridized carbons (Fsp3) is 0.312. The summed E-state index contributed by atoms with van der Waals surface area (Å²) in [5.41, 5.74) is 1.08. The van der Waals surface area contributed by atoms with Gasteiger partial charge in [0.05, 0.1) is 6.04 Å². The Bertz CT molecular complexity index is 624. The third kappa shape index (κ3) is 3.36. The molecule has 1 N–H and O–H groups in total. The highest BCUT2D eigenvalue weighted by Gasteiger charge is 2.14. The van der Waals surface area contributed by atoms with Gasteiger partial charge in [-0.3, -0.25) is 4.79 Å². The molecule has 0 saturated heterocycles. The van der Waals surface area contributed by atoms with Gasteiger partial charge in [-0.15, -0.1) is 11.3 Å². The number of carbonyl (C=O) groups excluding carboxylic acids is 1. The van der Waals surface area contributed by atoms with Crippen molar-refractivity contribution in [2.45, 2.75) is 25.8 Å². The number of amides is 1. The molecule has 5 heteroatoms. The van der Waals surface area contributed by atoms with Crippen LogP contribution in [0.5, 0.6) is 11.5 Å². The smallest absolute Gasteiger partial charge is 0.231 e. The highest BCUT2D eigenvalue weighted by Crippen LogP contribution is 2.32. The van der Waals surface area contributed by atoms with Crippen molar-refractivity contribution >= 4 is 17.2 Å². The number of fused-ring (bicyclic) bond motifs is 1. The number of carbonyl (C=O) groups is 1. The van der Waals surface area contributed by atoms with Gasteiger partial charge in [0.15, 0.2) is 11.5 Å². The summed E-state index contributed by atoms with van der Waals surface area (Å²) in [5.74, 6) is 1.60. The van der Waals surface area contributed by atoms with E-state index in [0.717, 1.165) is 17.1 Å². The van der Waals surface area contributed by atoms with Crippen LogP contribution in [0.1, 0.15) is 29.8 Å². The lowest BCUT2D eigenvalue weighted by Crippen LogP contribution is -2.26. The van der Waals surface area contributed by atoms with E-state index < -0.39 is 0 Å². The highest BCUT2D eigenvalue weighted by molar-refractivity contribution is 7.10. The Labute approximate surface area is 127 Å². The van der Waals surface area contributed by atoms with E-state index in [-0.39, 0.29) is 18.7 Å². The van der Waals surface area contributed by atoms with Gasteiger partial charge in [0.1, 0.15) is 0 Å². The van der Waals surface area contributed by atoms with Crippen LogP contribution in [0, 0.1) is 0 Å². The standard InChI is InChI=1S/C16H17NO3S/c1-11(15-3-2-8-21-15)17-16(18)7-5-12-4-6-13-14(9-12)20-10-19-13/h2-4,6,8-9,11H,5,7,10H2,1H3,(H,17,18). The van der Waals surface area contributed by atoms with Crippen molar-refractivity contribution in [3.8, 4) is 11.5 Å². The van der Waals surface area contributed by atoms with E-state index >= 15 is 0 Å². The van der Waals surface area contributed by atoms with Crippen molar-refractivity contribution in [2.24, 2.45) is 0 Å². The molecule has 21 heavy (non-hydrogen) atoms. The van der Waals surface area contributed by atoms with E-state index in [4.69, 9.17) is 9.47 Å². The molecule has 0 saturated carbocycles. The molecule has 1 aliphatic rings. The van der Waals surface area contributed by atoms with Crippen molar-refractivity contribution in [3.05, 3.63) is 46.2 Å². The minimum Gasteiger partial charge on any atom is -0.454 e. The van der Waals surface area contributed by atoms with E-state index in [2.05, 4.69) is 5.32 Å². The lowest BCUT2D eigenvalue weighted by Gasteiger charge is -2.12. The van der Waals surface area contributed by atoms with Gasteiger partial charge in [0.25, 0.3) is 0 Å². The number of hydrogen-bond donors (Lipinski definition) is 1. The summed E-state index contributed by atoms with van der Waals surface area (Å²) in [6, 6.07) is 9.91. The molecule has 1 aromatic heterocycles. The van der Waals surface area contributed by atoms with E-state index in [1.807, 2.05) is 42.6 Å². The lowest BCUT2D eigenvalue weighted by molar-refractivity contribution is -0.121. The molecule has 2 aromatic rings. The highest BCUT2D eigenvalue weighted by atomic mass is 32.1. The van der Waals surface area contributed by atoms with Crippen LogP contribution in [0.25, 0.3) is 0 Å². The van der Waals surface area contributed by atoms with Crippen LogP contribution in [0.3, 0.4) is 0 Å². The third-order valence-electron chi connectivity index (χ3n) is 3.43. The van der Waals surface area contributed by atoms with Gasteiger partial charge >= 0.3 is 0 Å². The van der Waals surface area contributed by atoms with Crippen LogP contribution in [-0.4, -0.2) is 12.7 Å². The average Bonchev–Trinajstić information content (AvgIpc) is 3.15. The second-order valence-electron chi connectivity index (χ2n) is 4.99. The summed E-state index contributed by atoms with van der Waals surface area (Å²) in [6.07, 6.45) is 1.16. The zero-order valence-electron chi connectivity index (χ0n) is 11.8. The third-order valence-corrected chi connectivity index (χ3v) is 4.48. The molecular formula is C16H17NO3S. The molecule has 2 heterocycles. The molecular weight excluding hydrogens is 286 g/mol. The monoisotopic (exact) mass is 303 g/mol. The Kier molecular flexibility index (Phi) is 4.10. The van der Waals surface area contributed by atoms with Gasteiger partial charge in [-0.05, 0) is 42.5 Å². The van der Waals surface area contributed by atoms with Crippen LogP contribution in [0.4, 0.5) is 0 Å².